The van der Waals surface area contributed by atoms with Crippen molar-refractivity contribution in [3.8, 4) is 0 Å². The lowest BCUT2D eigenvalue weighted by molar-refractivity contribution is -0.754. The fraction of sp³-hybridized carbons (Fsp3) is 1.00. The van der Waals surface area contributed by atoms with Gasteiger partial charge in [0.1, 0.15) is 10.9 Å². The standard InChI is InChI=1S/C12H24N4O6Si2/c1-23(2)5-9(11(7-23)15(19)20)13(17)14(18)10-6-24(3,4)8-12(10)16(21)22/h9-12H,5-8H2,1-4H3. The van der Waals surface area contributed by atoms with Crippen LogP contribution in [0.15, 0.2) is 0 Å². The van der Waals surface area contributed by atoms with Crippen LogP contribution in [0.3, 0.4) is 0 Å². The van der Waals surface area contributed by atoms with Gasteiger partial charge in [-0.05, 0) is 6.04 Å². The Kier molecular flexibility index (Phi) is 4.85. The Labute approximate surface area is 141 Å². The van der Waals surface area contributed by atoms with Crippen LogP contribution in [0.1, 0.15) is 0 Å². The third-order valence-electron chi connectivity index (χ3n) is 5.24. The zero-order valence-electron chi connectivity index (χ0n) is 14.4. The lowest BCUT2D eigenvalue weighted by Gasteiger charge is -2.28. The molecule has 0 aromatic rings. The van der Waals surface area contributed by atoms with Crippen molar-refractivity contribution in [3.63, 3.8) is 0 Å². The largest absolute Gasteiger partial charge is 0.704 e. The minimum absolute atomic E-state index is 0.145. The van der Waals surface area contributed by atoms with Crippen LogP contribution < -0.4 is 0 Å². The highest BCUT2D eigenvalue weighted by molar-refractivity contribution is 6.78. The van der Waals surface area contributed by atoms with Gasteiger partial charge >= 0.3 is 0 Å². The van der Waals surface area contributed by atoms with Gasteiger partial charge in [0.15, 0.2) is 0 Å². The summed E-state index contributed by atoms with van der Waals surface area (Å²) in [5.74, 6) is 0. The summed E-state index contributed by atoms with van der Waals surface area (Å²) < 4.78 is 0. The molecule has 0 aliphatic carbocycles. The summed E-state index contributed by atoms with van der Waals surface area (Å²) in [6.45, 7) is 7.83. The van der Waals surface area contributed by atoms with Gasteiger partial charge in [-0.25, -0.2) is 0 Å². The summed E-state index contributed by atoms with van der Waals surface area (Å²) >= 11 is 0. The fourth-order valence-electron chi connectivity index (χ4n) is 4.15. The summed E-state index contributed by atoms with van der Waals surface area (Å²) in [5, 5.41) is 35.2. The average Bonchev–Trinajstić information content (AvgIpc) is 2.93. The van der Waals surface area contributed by atoms with Gasteiger partial charge in [-0.15, -0.1) is 0 Å². The molecule has 0 amide bonds. The highest BCUT2D eigenvalue weighted by Crippen LogP contribution is 2.38. The molecule has 0 aromatic heterocycles. The van der Waals surface area contributed by atoms with Crippen LogP contribution in [0.5, 0.6) is 0 Å². The Bertz CT molecular complexity index is 572. The molecule has 4 unspecified atom stereocenters. The lowest BCUT2D eigenvalue weighted by atomic mass is 10.2. The van der Waals surface area contributed by atoms with Crippen LogP contribution >= 0.6 is 0 Å². The van der Waals surface area contributed by atoms with Crippen molar-refractivity contribution in [2.75, 3.05) is 0 Å². The molecule has 2 fully saturated rings. The van der Waals surface area contributed by atoms with Gasteiger partial charge in [0.25, 0.3) is 12.1 Å². The fourth-order valence-corrected chi connectivity index (χ4v) is 10.7. The normalized spacial score (nSPS) is 34.0. The third-order valence-corrected chi connectivity index (χ3v) is 11.3. The minimum Gasteiger partial charge on any atom is -0.704 e. The number of rotatable bonds is 5. The number of hydrogen-bond donors (Lipinski definition) is 0. The second-order valence-electron chi connectivity index (χ2n) is 8.59. The molecule has 2 aliphatic heterocycles. The van der Waals surface area contributed by atoms with Crippen molar-refractivity contribution >= 4 is 16.1 Å². The highest BCUT2D eigenvalue weighted by Gasteiger charge is 2.59. The number of hydrazine groups is 1. The maximum atomic E-state index is 12.6. The number of nitroso groups, excluding NO2 is 1. The van der Waals surface area contributed by atoms with E-state index in [9.17, 15) is 30.3 Å². The molecule has 0 saturated carbocycles. The topological polar surface area (TPSA) is 133 Å². The van der Waals surface area contributed by atoms with Gasteiger partial charge in [0.05, 0.1) is 21.1 Å². The second kappa shape index (κ2) is 6.15. The SMILES string of the molecule is C[Si]1(C)CC(N([O-])[N+](=O)C2C[Si](C)(C)CC2[N+](=O)[O-])C([N+](=O)[O-])C1. The monoisotopic (exact) mass is 376 g/mol. The van der Waals surface area contributed by atoms with Crippen LogP contribution in [0.4, 0.5) is 0 Å². The predicted molar refractivity (Wildman–Crippen MR) is 92.2 cm³/mol. The molecule has 0 radical (unpaired) electrons. The second-order valence-corrected chi connectivity index (χ2v) is 18.9. The van der Waals surface area contributed by atoms with Crippen molar-refractivity contribution < 1.29 is 14.7 Å². The van der Waals surface area contributed by atoms with Crippen LogP contribution in [-0.2, 0) is 0 Å². The molecular formula is C12H24N4O6Si2. The predicted octanol–water partition coefficient (Wildman–Crippen LogP) is 1.95. The quantitative estimate of drug-likeness (QED) is 0.310. The summed E-state index contributed by atoms with van der Waals surface area (Å²) in [6.07, 6.45) is 0. The minimum atomic E-state index is -1.92. The first-order chi connectivity index (χ1) is 10.8. The molecular weight excluding hydrogens is 352 g/mol. The molecule has 12 heteroatoms. The van der Waals surface area contributed by atoms with Crippen molar-refractivity contribution in [2.45, 2.75) is 74.5 Å². The Morgan fingerprint density at radius 1 is 0.792 bits per heavy atom. The summed E-state index contributed by atoms with van der Waals surface area (Å²) in [5.41, 5.74) is 0. The van der Waals surface area contributed by atoms with E-state index in [1.807, 2.05) is 26.2 Å². The first-order valence-corrected chi connectivity index (χ1v) is 14.9. The van der Waals surface area contributed by atoms with Gasteiger partial charge in [-0.3, -0.25) is 20.2 Å². The van der Waals surface area contributed by atoms with E-state index in [1.165, 1.54) is 0 Å². The van der Waals surface area contributed by atoms with E-state index in [4.69, 9.17) is 0 Å². The van der Waals surface area contributed by atoms with Crippen LogP contribution in [0.2, 0.25) is 50.4 Å². The molecule has 2 aliphatic rings. The number of nitrogens with zero attached hydrogens (tertiary/aromatic N) is 4. The Morgan fingerprint density at radius 2 is 1.21 bits per heavy atom. The molecule has 2 heterocycles. The number of hydroxylamine groups is 1. The van der Waals surface area contributed by atoms with E-state index in [0.717, 1.165) is 0 Å². The van der Waals surface area contributed by atoms with Crippen LogP contribution in [0, 0.1) is 30.3 Å². The Morgan fingerprint density at radius 3 is 1.71 bits per heavy atom. The van der Waals surface area contributed by atoms with E-state index in [0.29, 0.717) is 24.2 Å². The first kappa shape index (κ1) is 18.9. The maximum Gasteiger partial charge on any atom is 0.296 e. The van der Waals surface area contributed by atoms with Gasteiger partial charge in [0.2, 0.25) is 6.04 Å². The Balaban J connectivity index is 2.22. The van der Waals surface area contributed by atoms with Gasteiger partial charge in [-0.1, -0.05) is 26.2 Å². The zero-order valence-corrected chi connectivity index (χ0v) is 16.4. The van der Waals surface area contributed by atoms with Gasteiger partial charge in [-0.2, -0.15) is 5.17 Å². The first-order valence-electron chi connectivity index (χ1n) is 8.04. The average molecular weight is 377 g/mol. The molecule has 4 atom stereocenters. The van der Waals surface area contributed by atoms with Crippen LogP contribution in [0.25, 0.3) is 0 Å². The van der Waals surface area contributed by atoms with E-state index in [2.05, 4.69) is 0 Å². The smallest absolute Gasteiger partial charge is 0.296 e. The van der Waals surface area contributed by atoms with Gasteiger partial charge < -0.3 is 5.21 Å². The van der Waals surface area contributed by atoms with Crippen molar-refractivity contribution in [1.29, 1.82) is 0 Å². The molecule has 0 N–H and O–H groups in total. The lowest BCUT2D eigenvalue weighted by Crippen LogP contribution is -2.50. The summed E-state index contributed by atoms with van der Waals surface area (Å²) in [7, 11) is -3.84. The molecule has 2 rings (SSSR count). The summed E-state index contributed by atoms with van der Waals surface area (Å²) in [4.78, 5) is 34.3. The zero-order chi connectivity index (χ0) is 18.4. The van der Waals surface area contributed by atoms with E-state index >= 15 is 0 Å². The molecule has 0 spiro atoms. The van der Waals surface area contributed by atoms with Crippen molar-refractivity contribution in [3.05, 3.63) is 30.3 Å². The molecule has 2 saturated heterocycles. The molecule has 0 bridgehead atoms. The number of hydrogen-bond acceptors (Lipinski definition) is 6. The van der Waals surface area contributed by atoms with Crippen molar-refractivity contribution in [1.82, 2.24) is 5.17 Å². The highest BCUT2D eigenvalue weighted by atomic mass is 28.3. The molecule has 24 heavy (non-hydrogen) atoms. The van der Waals surface area contributed by atoms with E-state index in [-0.39, 0.29) is 10.0 Å². The van der Waals surface area contributed by atoms with E-state index < -0.39 is 50.2 Å². The number of nitro groups is 2. The van der Waals surface area contributed by atoms with E-state index in [1.54, 1.807) is 0 Å². The maximum absolute atomic E-state index is 12.6. The van der Waals surface area contributed by atoms with Crippen LogP contribution in [-0.4, -0.2) is 60.2 Å². The molecule has 136 valence electrons. The molecule has 10 nitrogen and oxygen atoms in total. The third kappa shape index (κ3) is 3.64. The van der Waals surface area contributed by atoms with Gasteiger partial charge in [0, 0.05) is 28.0 Å². The Hall–Kier alpha value is -1.41. The summed E-state index contributed by atoms with van der Waals surface area (Å²) in [6, 6.07) is -2.76. The molecule has 0 aromatic carbocycles. The van der Waals surface area contributed by atoms with Crippen molar-refractivity contribution in [2.24, 2.45) is 0 Å².